The molecule has 0 radical (unpaired) electrons. The summed E-state index contributed by atoms with van der Waals surface area (Å²) >= 11 is 0. The van der Waals surface area contributed by atoms with Crippen LogP contribution < -0.4 is 10.3 Å². The minimum absolute atomic E-state index is 0.0759. The third kappa shape index (κ3) is 4.22. The van der Waals surface area contributed by atoms with Crippen molar-refractivity contribution in [3.63, 3.8) is 0 Å². The van der Waals surface area contributed by atoms with Gasteiger partial charge in [0.15, 0.2) is 5.78 Å². The van der Waals surface area contributed by atoms with Crippen molar-refractivity contribution in [1.29, 1.82) is 5.26 Å². The van der Waals surface area contributed by atoms with Crippen LogP contribution in [0, 0.1) is 25.2 Å². The number of carbonyl (C=O) groups excluding carboxylic acids is 1. The van der Waals surface area contributed by atoms with E-state index in [2.05, 4.69) is 5.10 Å². The average molecular weight is 433 g/mol. The number of hydrogen-bond donors (Lipinski definition) is 0. The first-order chi connectivity index (χ1) is 15.4. The topological polar surface area (TPSA) is 89.9 Å². The van der Waals surface area contributed by atoms with E-state index in [1.54, 1.807) is 0 Å². The summed E-state index contributed by atoms with van der Waals surface area (Å²) in [5, 5.41) is 13.9. The third-order valence-electron chi connectivity index (χ3n) is 5.57. The van der Waals surface area contributed by atoms with Gasteiger partial charge in [-0.25, -0.2) is 4.68 Å². The van der Waals surface area contributed by atoms with Gasteiger partial charge >= 0.3 is 0 Å². The molecule has 1 aromatic carbocycles. The van der Waals surface area contributed by atoms with Gasteiger partial charge in [0.05, 0.1) is 12.3 Å². The van der Waals surface area contributed by atoms with Crippen LogP contribution in [0.3, 0.4) is 0 Å². The van der Waals surface area contributed by atoms with E-state index in [0.29, 0.717) is 36.3 Å². The van der Waals surface area contributed by atoms with Crippen molar-refractivity contribution < 1.29 is 9.53 Å². The van der Waals surface area contributed by atoms with Gasteiger partial charge in [0.2, 0.25) is 0 Å². The van der Waals surface area contributed by atoms with Crippen molar-refractivity contribution in [2.45, 2.75) is 54.0 Å². The Morgan fingerprint density at radius 2 is 1.81 bits per heavy atom. The number of aryl methyl sites for hydroxylation is 2. The fourth-order valence-electron chi connectivity index (χ4n) is 4.06. The molecule has 2 heterocycles. The number of hydrogen-bond acceptors (Lipinski definition) is 5. The first-order valence-electron chi connectivity index (χ1n) is 10.8. The molecule has 0 saturated carbocycles. The number of ketones is 1. The summed E-state index contributed by atoms with van der Waals surface area (Å²) in [5.41, 5.74) is 4.04. The van der Waals surface area contributed by atoms with Gasteiger partial charge in [-0.05, 0) is 69.5 Å². The second-order valence-electron chi connectivity index (χ2n) is 7.55. The van der Waals surface area contributed by atoms with Crippen LogP contribution in [-0.2, 0) is 19.4 Å². The lowest BCUT2D eigenvalue weighted by Gasteiger charge is -2.12. The van der Waals surface area contributed by atoms with E-state index in [1.165, 1.54) is 0 Å². The lowest BCUT2D eigenvalue weighted by Crippen LogP contribution is -2.31. The molecule has 0 bridgehead atoms. The third-order valence-corrected chi connectivity index (χ3v) is 5.57. The van der Waals surface area contributed by atoms with E-state index in [1.807, 2.05) is 75.6 Å². The molecule has 166 valence electrons. The fourth-order valence-corrected chi connectivity index (χ4v) is 4.06. The predicted octanol–water partition coefficient (Wildman–Crippen LogP) is 3.93. The van der Waals surface area contributed by atoms with Crippen molar-refractivity contribution in [1.82, 2.24) is 14.3 Å². The van der Waals surface area contributed by atoms with Crippen LogP contribution in [0.5, 0.6) is 5.75 Å². The lowest BCUT2D eigenvalue weighted by atomic mass is 10.0. The number of nitrogens with zero attached hydrogens (tertiary/aromatic N) is 4. The number of rotatable bonds is 8. The zero-order valence-corrected chi connectivity index (χ0v) is 19.2. The molecule has 0 unspecified atom stereocenters. The van der Waals surface area contributed by atoms with E-state index < -0.39 is 5.56 Å². The highest BCUT2D eigenvalue weighted by atomic mass is 16.5. The van der Waals surface area contributed by atoms with Crippen LogP contribution in [0.25, 0.3) is 5.69 Å². The number of ether oxygens (including phenoxy) is 1. The number of benzene rings is 1. The fraction of sp³-hybridized carbons (Fsp3) is 0.360. The molecule has 0 fully saturated rings. The number of nitriles is 1. The SMILES string of the molecule is CCOc1ccc(-n2c(C)cc(C(=O)Cn3nc(CC)c(CC)c(C#N)c3=O)c2C)cc1. The molecule has 0 spiro atoms. The molecule has 0 aliphatic rings. The van der Waals surface area contributed by atoms with Gasteiger partial charge in [-0.1, -0.05) is 13.8 Å². The largest absolute Gasteiger partial charge is 0.494 e. The highest BCUT2D eigenvalue weighted by molar-refractivity contribution is 5.97. The zero-order chi connectivity index (χ0) is 23.4. The molecule has 0 aliphatic carbocycles. The monoisotopic (exact) mass is 432 g/mol. The molecular weight excluding hydrogens is 404 g/mol. The summed E-state index contributed by atoms with van der Waals surface area (Å²) < 4.78 is 8.63. The van der Waals surface area contributed by atoms with Crippen LogP contribution in [0.4, 0.5) is 0 Å². The first-order valence-corrected chi connectivity index (χ1v) is 10.8. The summed E-state index contributed by atoms with van der Waals surface area (Å²) in [7, 11) is 0. The quantitative estimate of drug-likeness (QED) is 0.503. The molecular formula is C25H28N4O3. The Kier molecular flexibility index (Phi) is 6.94. The predicted molar refractivity (Wildman–Crippen MR) is 123 cm³/mol. The Hall–Kier alpha value is -3.66. The number of carbonyl (C=O) groups is 1. The van der Waals surface area contributed by atoms with Crippen molar-refractivity contribution in [2.24, 2.45) is 0 Å². The molecule has 0 saturated heterocycles. The van der Waals surface area contributed by atoms with E-state index >= 15 is 0 Å². The summed E-state index contributed by atoms with van der Waals surface area (Å²) in [4.78, 5) is 25.9. The molecule has 0 aliphatic heterocycles. The lowest BCUT2D eigenvalue weighted by molar-refractivity contribution is 0.0964. The highest BCUT2D eigenvalue weighted by Crippen LogP contribution is 2.23. The Morgan fingerprint density at radius 3 is 2.38 bits per heavy atom. The molecule has 0 atom stereocenters. The maximum atomic E-state index is 13.2. The van der Waals surface area contributed by atoms with Crippen LogP contribution in [0.2, 0.25) is 0 Å². The second-order valence-corrected chi connectivity index (χ2v) is 7.55. The summed E-state index contributed by atoms with van der Waals surface area (Å²) in [6, 6.07) is 11.5. The Morgan fingerprint density at radius 1 is 1.12 bits per heavy atom. The van der Waals surface area contributed by atoms with Gasteiger partial charge in [-0.15, -0.1) is 0 Å². The van der Waals surface area contributed by atoms with Crippen LogP contribution in [0.1, 0.15) is 59.3 Å². The van der Waals surface area contributed by atoms with E-state index in [0.717, 1.165) is 27.5 Å². The molecule has 7 nitrogen and oxygen atoms in total. The molecule has 7 heteroatoms. The van der Waals surface area contributed by atoms with Crippen molar-refractivity contribution >= 4 is 5.78 Å². The number of aromatic nitrogens is 3. The Labute approximate surface area is 187 Å². The summed E-state index contributed by atoms with van der Waals surface area (Å²) in [6.07, 6.45) is 1.13. The van der Waals surface area contributed by atoms with Gasteiger partial charge in [-0.2, -0.15) is 10.4 Å². The van der Waals surface area contributed by atoms with E-state index in [4.69, 9.17) is 4.74 Å². The molecule has 32 heavy (non-hydrogen) atoms. The minimum atomic E-state index is -0.518. The maximum absolute atomic E-state index is 13.2. The van der Waals surface area contributed by atoms with Gasteiger partial charge in [0.1, 0.15) is 23.9 Å². The van der Waals surface area contributed by atoms with Crippen molar-refractivity contribution in [3.8, 4) is 17.5 Å². The van der Waals surface area contributed by atoms with Gasteiger partial charge in [-0.3, -0.25) is 9.59 Å². The van der Waals surface area contributed by atoms with Crippen LogP contribution >= 0.6 is 0 Å². The average Bonchev–Trinajstić information content (AvgIpc) is 3.09. The molecule has 3 rings (SSSR count). The van der Waals surface area contributed by atoms with Crippen molar-refractivity contribution in [2.75, 3.05) is 6.61 Å². The molecule has 2 aromatic heterocycles. The van der Waals surface area contributed by atoms with Crippen molar-refractivity contribution in [3.05, 3.63) is 74.5 Å². The second kappa shape index (κ2) is 9.65. The maximum Gasteiger partial charge on any atom is 0.285 e. The van der Waals surface area contributed by atoms with Crippen LogP contribution in [-0.4, -0.2) is 26.7 Å². The van der Waals surface area contributed by atoms with E-state index in [9.17, 15) is 14.9 Å². The summed E-state index contributed by atoms with van der Waals surface area (Å²) in [6.45, 7) is 9.95. The minimum Gasteiger partial charge on any atom is -0.494 e. The smallest absolute Gasteiger partial charge is 0.285 e. The normalized spacial score (nSPS) is 10.8. The zero-order valence-electron chi connectivity index (χ0n) is 19.2. The standard InChI is InChI=1S/C25H28N4O3/c1-6-20-22(14-26)25(31)28(27-23(20)7-2)15-24(30)21-13-16(4)29(17(21)5)18-9-11-19(12-10-18)32-8-3/h9-13H,6-8,15H2,1-5H3. The molecule has 3 aromatic rings. The van der Waals surface area contributed by atoms with Gasteiger partial charge in [0, 0.05) is 22.6 Å². The number of Topliss-reactive ketones (excluding diaryl/α,β-unsaturated/α-hetero) is 1. The Balaban J connectivity index is 1.97. The highest BCUT2D eigenvalue weighted by Gasteiger charge is 2.21. The molecule has 0 N–H and O–H groups in total. The Bertz CT molecular complexity index is 1240. The summed E-state index contributed by atoms with van der Waals surface area (Å²) in [5.74, 6) is 0.566. The van der Waals surface area contributed by atoms with E-state index in [-0.39, 0.29) is 17.9 Å². The molecule has 0 amide bonds. The first kappa shape index (κ1) is 23.0. The van der Waals surface area contributed by atoms with Gasteiger partial charge in [0.25, 0.3) is 5.56 Å². The van der Waals surface area contributed by atoms with Crippen LogP contribution in [0.15, 0.2) is 35.1 Å². The van der Waals surface area contributed by atoms with Gasteiger partial charge < -0.3 is 9.30 Å².